The SMILES string of the molecule is CCCn1nccc1C(O)c1c(F)cc(Br)cc1F. The molecular weight excluding hydrogens is 318 g/mol. The topological polar surface area (TPSA) is 38.0 Å². The number of aliphatic hydroxyl groups is 1. The molecule has 0 aliphatic heterocycles. The first kappa shape index (κ1) is 14.1. The summed E-state index contributed by atoms with van der Waals surface area (Å²) in [5.41, 5.74) is 0.0167. The van der Waals surface area contributed by atoms with E-state index in [0.29, 0.717) is 16.7 Å². The molecule has 0 aliphatic rings. The number of aliphatic hydroxyl groups excluding tert-OH is 1. The van der Waals surface area contributed by atoms with Crippen LogP contribution in [0.15, 0.2) is 28.9 Å². The molecule has 0 aliphatic carbocycles. The molecule has 19 heavy (non-hydrogen) atoms. The monoisotopic (exact) mass is 330 g/mol. The maximum absolute atomic E-state index is 13.8. The molecular formula is C13H13BrF2N2O. The molecule has 0 saturated heterocycles. The zero-order chi connectivity index (χ0) is 14.0. The molecule has 2 aromatic rings. The highest BCUT2D eigenvalue weighted by Gasteiger charge is 2.23. The van der Waals surface area contributed by atoms with Crippen molar-refractivity contribution in [1.29, 1.82) is 0 Å². The first-order chi connectivity index (χ1) is 9.04. The van der Waals surface area contributed by atoms with Gasteiger partial charge < -0.3 is 5.11 Å². The van der Waals surface area contributed by atoms with Crippen LogP contribution in [0.4, 0.5) is 8.78 Å². The van der Waals surface area contributed by atoms with Crippen LogP contribution >= 0.6 is 15.9 Å². The maximum Gasteiger partial charge on any atom is 0.133 e. The van der Waals surface area contributed by atoms with Gasteiger partial charge in [0, 0.05) is 17.2 Å². The van der Waals surface area contributed by atoms with E-state index in [1.165, 1.54) is 6.20 Å². The van der Waals surface area contributed by atoms with Gasteiger partial charge in [0.05, 0.1) is 11.3 Å². The molecule has 3 nitrogen and oxygen atoms in total. The van der Waals surface area contributed by atoms with E-state index in [1.807, 2.05) is 6.92 Å². The fourth-order valence-electron chi connectivity index (χ4n) is 1.94. The Labute approximate surface area is 118 Å². The van der Waals surface area contributed by atoms with Crippen molar-refractivity contribution in [3.63, 3.8) is 0 Å². The molecule has 1 unspecified atom stereocenters. The van der Waals surface area contributed by atoms with Crippen LogP contribution in [0.2, 0.25) is 0 Å². The van der Waals surface area contributed by atoms with E-state index in [9.17, 15) is 13.9 Å². The standard InChI is InChI=1S/C13H13BrF2N2O/c1-2-5-18-11(3-4-17-18)13(19)12-9(15)6-8(14)7-10(12)16/h3-4,6-7,13,19H,2,5H2,1H3. The third kappa shape index (κ3) is 2.84. The van der Waals surface area contributed by atoms with Gasteiger partial charge >= 0.3 is 0 Å². The Morgan fingerprint density at radius 3 is 2.58 bits per heavy atom. The summed E-state index contributed by atoms with van der Waals surface area (Å²) in [6.07, 6.45) is 0.942. The molecule has 0 bridgehead atoms. The van der Waals surface area contributed by atoms with Gasteiger partial charge in [-0.15, -0.1) is 0 Å². The predicted octanol–water partition coefficient (Wildman–Crippen LogP) is 3.42. The van der Waals surface area contributed by atoms with Gasteiger partial charge in [-0.05, 0) is 24.6 Å². The number of halogens is 3. The Balaban J connectivity index is 2.44. The van der Waals surface area contributed by atoms with Crippen LogP contribution in [-0.2, 0) is 6.54 Å². The molecule has 0 saturated carbocycles. The van der Waals surface area contributed by atoms with Crippen molar-refractivity contribution in [3.8, 4) is 0 Å². The zero-order valence-electron chi connectivity index (χ0n) is 10.3. The van der Waals surface area contributed by atoms with Gasteiger partial charge in [0.15, 0.2) is 0 Å². The minimum absolute atomic E-state index is 0.292. The lowest BCUT2D eigenvalue weighted by Gasteiger charge is -2.15. The van der Waals surface area contributed by atoms with Gasteiger partial charge in [-0.25, -0.2) is 8.78 Å². The van der Waals surface area contributed by atoms with Crippen LogP contribution in [0.1, 0.15) is 30.7 Å². The van der Waals surface area contributed by atoms with Gasteiger partial charge in [-0.1, -0.05) is 22.9 Å². The summed E-state index contributed by atoms with van der Waals surface area (Å²) >= 11 is 3.01. The van der Waals surface area contributed by atoms with E-state index in [4.69, 9.17) is 0 Å². The van der Waals surface area contributed by atoms with E-state index in [-0.39, 0.29) is 5.56 Å². The molecule has 0 amide bonds. The average molecular weight is 331 g/mol. The first-order valence-corrected chi connectivity index (χ1v) is 6.68. The van der Waals surface area contributed by atoms with Crippen molar-refractivity contribution in [2.75, 3.05) is 0 Å². The first-order valence-electron chi connectivity index (χ1n) is 5.88. The summed E-state index contributed by atoms with van der Waals surface area (Å²) in [5, 5.41) is 14.2. The van der Waals surface area contributed by atoms with Gasteiger partial charge in [-0.2, -0.15) is 5.10 Å². The second kappa shape index (κ2) is 5.79. The Morgan fingerprint density at radius 2 is 2.00 bits per heavy atom. The quantitative estimate of drug-likeness (QED) is 0.932. The molecule has 1 aromatic carbocycles. The molecule has 1 aromatic heterocycles. The van der Waals surface area contributed by atoms with Crippen molar-refractivity contribution in [2.45, 2.75) is 26.0 Å². The number of benzene rings is 1. The summed E-state index contributed by atoms with van der Waals surface area (Å²) < 4.78 is 29.5. The highest BCUT2D eigenvalue weighted by Crippen LogP contribution is 2.29. The molecule has 1 N–H and O–H groups in total. The lowest BCUT2D eigenvalue weighted by molar-refractivity contribution is 0.196. The van der Waals surface area contributed by atoms with Crippen molar-refractivity contribution in [3.05, 3.63) is 51.8 Å². The maximum atomic E-state index is 13.8. The summed E-state index contributed by atoms with van der Waals surface area (Å²) in [5.74, 6) is -1.58. The molecule has 2 rings (SSSR count). The van der Waals surface area contributed by atoms with Crippen LogP contribution < -0.4 is 0 Å². The van der Waals surface area contributed by atoms with E-state index in [1.54, 1.807) is 10.7 Å². The molecule has 1 heterocycles. The van der Waals surface area contributed by atoms with Gasteiger partial charge in [0.1, 0.15) is 17.7 Å². The highest BCUT2D eigenvalue weighted by molar-refractivity contribution is 9.10. The number of nitrogens with zero attached hydrogens (tertiary/aromatic N) is 2. The van der Waals surface area contributed by atoms with Crippen molar-refractivity contribution < 1.29 is 13.9 Å². The van der Waals surface area contributed by atoms with E-state index in [0.717, 1.165) is 18.6 Å². The highest BCUT2D eigenvalue weighted by atomic mass is 79.9. The lowest BCUT2D eigenvalue weighted by atomic mass is 10.1. The number of hydrogen-bond acceptors (Lipinski definition) is 2. The minimum atomic E-state index is -1.37. The molecule has 0 fully saturated rings. The van der Waals surface area contributed by atoms with E-state index in [2.05, 4.69) is 21.0 Å². The fourth-order valence-corrected chi connectivity index (χ4v) is 2.34. The van der Waals surface area contributed by atoms with Crippen LogP contribution in [0, 0.1) is 11.6 Å². The van der Waals surface area contributed by atoms with Crippen molar-refractivity contribution >= 4 is 15.9 Å². The second-order valence-corrected chi connectivity index (χ2v) is 5.08. The van der Waals surface area contributed by atoms with Gasteiger partial charge in [-0.3, -0.25) is 4.68 Å². The van der Waals surface area contributed by atoms with E-state index < -0.39 is 17.7 Å². The number of aromatic nitrogens is 2. The summed E-state index contributed by atoms with van der Waals surface area (Å²) in [6, 6.07) is 3.81. The third-order valence-corrected chi connectivity index (χ3v) is 3.24. The number of hydrogen-bond donors (Lipinski definition) is 1. The molecule has 0 radical (unpaired) electrons. The Bertz CT molecular complexity index is 563. The fraction of sp³-hybridized carbons (Fsp3) is 0.308. The van der Waals surface area contributed by atoms with E-state index >= 15 is 0 Å². The molecule has 6 heteroatoms. The van der Waals surface area contributed by atoms with Crippen molar-refractivity contribution in [1.82, 2.24) is 9.78 Å². The minimum Gasteiger partial charge on any atom is -0.382 e. The molecule has 1 atom stereocenters. The lowest BCUT2D eigenvalue weighted by Crippen LogP contribution is -2.12. The predicted molar refractivity (Wildman–Crippen MR) is 70.6 cm³/mol. The number of aryl methyl sites for hydroxylation is 1. The van der Waals surface area contributed by atoms with Gasteiger partial charge in [0.25, 0.3) is 0 Å². The van der Waals surface area contributed by atoms with Crippen LogP contribution in [0.5, 0.6) is 0 Å². The van der Waals surface area contributed by atoms with Crippen molar-refractivity contribution in [2.24, 2.45) is 0 Å². The van der Waals surface area contributed by atoms with Gasteiger partial charge in [0.2, 0.25) is 0 Å². The second-order valence-electron chi connectivity index (χ2n) is 4.16. The van der Waals surface area contributed by atoms with Crippen LogP contribution in [-0.4, -0.2) is 14.9 Å². The van der Waals surface area contributed by atoms with Crippen LogP contribution in [0.3, 0.4) is 0 Å². The zero-order valence-corrected chi connectivity index (χ0v) is 11.9. The molecule has 102 valence electrons. The largest absolute Gasteiger partial charge is 0.382 e. The molecule has 0 spiro atoms. The number of rotatable bonds is 4. The summed E-state index contributed by atoms with van der Waals surface area (Å²) in [7, 11) is 0. The van der Waals surface area contributed by atoms with Crippen LogP contribution in [0.25, 0.3) is 0 Å². The average Bonchev–Trinajstić information content (AvgIpc) is 2.76. The third-order valence-electron chi connectivity index (χ3n) is 2.78. The Hall–Kier alpha value is -1.27. The normalized spacial score (nSPS) is 12.7. The Kier molecular flexibility index (Phi) is 4.31. The summed E-state index contributed by atoms with van der Waals surface area (Å²) in [4.78, 5) is 0. The Morgan fingerprint density at radius 1 is 1.37 bits per heavy atom. The smallest absolute Gasteiger partial charge is 0.133 e. The summed E-state index contributed by atoms with van der Waals surface area (Å²) in [6.45, 7) is 2.54.